The molecule has 0 aliphatic heterocycles. The van der Waals surface area contributed by atoms with Crippen molar-refractivity contribution in [2.45, 2.75) is 38.8 Å². The van der Waals surface area contributed by atoms with Gasteiger partial charge in [-0.15, -0.1) is 0 Å². The van der Waals surface area contributed by atoms with Crippen LogP contribution in [-0.2, 0) is 9.53 Å². The molecule has 6 nitrogen and oxygen atoms in total. The van der Waals surface area contributed by atoms with E-state index >= 15 is 0 Å². The van der Waals surface area contributed by atoms with Crippen LogP contribution in [0.1, 0.15) is 26.7 Å². The van der Waals surface area contributed by atoms with Crippen molar-refractivity contribution in [2.24, 2.45) is 5.11 Å². The van der Waals surface area contributed by atoms with Crippen LogP contribution < -0.4 is 0 Å². The lowest BCUT2D eigenvalue weighted by molar-refractivity contribution is -0.137. The zero-order valence-corrected chi connectivity index (χ0v) is 9.54. The molecule has 0 aliphatic rings. The maximum Gasteiger partial charge on any atom is 0.330 e. The number of aliphatic hydroxyl groups is 1. The molecule has 0 radical (unpaired) electrons. The van der Waals surface area contributed by atoms with Crippen molar-refractivity contribution < 1.29 is 14.6 Å². The van der Waals surface area contributed by atoms with E-state index in [4.69, 9.17) is 5.53 Å². The predicted molar refractivity (Wildman–Crippen MR) is 59.6 cm³/mol. The van der Waals surface area contributed by atoms with E-state index in [1.54, 1.807) is 6.92 Å². The van der Waals surface area contributed by atoms with E-state index in [0.29, 0.717) is 6.42 Å². The van der Waals surface area contributed by atoms with Crippen molar-refractivity contribution in [3.05, 3.63) is 22.6 Å². The van der Waals surface area contributed by atoms with Crippen molar-refractivity contribution in [3.63, 3.8) is 0 Å². The fourth-order valence-corrected chi connectivity index (χ4v) is 1.14. The lowest BCUT2D eigenvalue weighted by atomic mass is 10.1. The van der Waals surface area contributed by atoms with Crippen LogP contribution in [0.15, 0.2) is 17.3 Å². The minimum absolute atomic E-state index is 0.285. The SMILES string of the molecule is CCC[C@H](O)[C@H](/C=C/C(=O)OCC)N=[N+]=[N-]. The monoisotopic (exact) mass is 227 g/mol. The number of rotatable bonds is 7. The summed E-state index contributed by atoms with van der Waals surface area (Å²) in [6.07, 6.45) is 3.04. The number of aliphatic hydroxyl groups excluding tert-OH is 1. The summed E-state index contributed by atoms with van der Waals surface area (Å²) in [5, 5.41) is 13.0. The summed E-state index contributed by atoms with van der Waals surface area (Å²) in [5.74, 6) is -0.510. The van der Waals surface area contributed by atoms with E-state index in [2.05, 4.69) is 14.8 Å². The maximum absolute atomic E-state index is 11.0. The minimum atomic E-state index is -0.772. The fraction of sp³-hybridized carbons (Fsp3) is 0.700. The highest BCUT2D eigenvalue weighted by atomic mass is 16.5. The van der Waals surface area contributed by atoms with Crippen LogP contribution >= 0.6 is 0 Å². The summed E-state index contributed by atoms with van der Waals surface area (Å²) in [7, 11) is 0. The molecule has 16 heavy (non-hydrogen) atoms. The first kappa shape index (κ1) is 14.5. The Kier molecular flexibility index (Phi) is 7.93. The average Bonchev–Trinajstić information content (AvgIpc) is 2.24. The molecule has 0 unspecified atom stereocenters. The van der Waals surface area contributed by atoms with E-state index in [9.17, 15) is 9.90 Å². The molecule has 0 bridgehead atoms. The second kappa shape index (κ2) is 8.76. The molecule has 2 atom stereocenters. The third kappa shape index (κ3) is 6.06. The fourth-order valence-electron chi connectivity index (χ4n) is 1.14. The molecule has 0 aromatic carbocycles. The Bertz CT molecular complexity index is 285. The van der Waals surface area contributed by atoms with Gasteiger partial charge in [0.15, 0.2) is 0 Å². The maximum atomic E-state index is 11.0. The zero-order chi connectivity index (χ0) is 12.4. The second-order valence-corrected chi connectivity index (χ2v) is 3.16. The highest BCUT2D eigenvalue weighted by Gasteiger charge is 2.14. The number of carbonyl (C=O) groups is 1. The molecular formula is C10H17N3O3. The van der Waals surface area contributed by atoms with Gasteiger partial charge in [0.2, 0.25) is 0 Å². The number of hydrogen-bond donors (Lipinski definition) is 1. The van der Waals surface area contributed by atoms with Gasteiger partial charge in [0.05, 0.1) is 18.8 Å². The number of azide groups is 1. The molecule has 0 rings (SSSR count). The van der Waals surface area contributed by atoms with E-state index in [1.165, 1.54) is 12.2 Å². The Labute approximate surface area is 94.5 Å². The molecule has 0 saturated carbocycles. The van der Waals surface area contributed by atoms with Crippen LogP contribution in [0, 0.1) is 0 Å². The summed E-state index contributed by atoms with van der Waals surface area (Å²) in [5.41, 5.74) is 8.32. The largest absolute Gasteiger partial charge is 0.463 e. The number of esters is 1. The highest BCUT2D eigenvalue weighted by Crippen LogP contribution is 2.08. The molecule has 0 spiro atoms. The first-order chi connectivity index (χ1) is 7.65. The molecule has 0 aliphatic carbocycles. The minimum Gasteiger partial charge on any atom is -0.463 e. The number of nitrogens with zero attached hydrogens (tertiary/aromatic N) is 3. The van der Waals surface area contributed by atoms with Crippen LogP contribution in [0.25, 0.3) is 10.4 Å². The Hall–Kier alpha value is -1.52. The Balaban J connectivity index is 4.43. The third-order valence-corrected chi connectivity index (χ3v) is 1.88. The summed E-state index contributed by atoms with van der Waals surface area (Å²) < 4.78 is 4.67. The van der Waals surface area contributed by atoms with Gasteiger partial charge >= 0.3 is 5.97 Å². The second-order valence-electron chi connectivity index (χ2n) is 3.16. The van der Waals surface area contributed by atoms with E-state index in [-0.39, 0.29) is 6.61 Å². The molecule has 0 heterocycles. The van der Waals surface area contributed by atoms with Crippen LogP contribution in [-0.4, -0.2) is 29.8 Å². The zero-order valence-electron chi connectivity index (χ0n) is 9.54. The van der Waals surface area contributed by atoms with Gasteiger partial charge in [-0.05, 0) is 18.9 Å². The molecule has 6 heteroatoms. The van der Waals surface area contributed by atoms with Crippen molar-refractivity contribution in [1.82, 2.24) is 0 Å². The number of carbonyl (C=O) groups excluding carboxylic acids is 1. The van der Waals surface area contributed by atoms with E-state index < -0.39 is 18.1 Å². The normalized spacial score (nSPS) is 14.2. The standard InChI is InChI=1S/C10H17N3O3/c1-3-5-9(14)8(12-13-11)6-7-10(15)16-4-2/h6-9,14H,3-5H2,1-2H3/b7-6+/t8-,9-/m0/s1. The summed E-state index contributed by atoms with van der Waals surface area (Å²) in [6, 6.07) is -0.727. The van der Waals surface area contributed by atoms with Gasteiger partial charge < -0.3 is 9.84 Å². The molecule has 0 aromatic rings. The van der Waals surface area contributed by atoms with Gasteiger partial charge in [0.1, 0.15) is 0 Å². The Morgan fingerprint density at radius 1 is 1.62 bits per heavy atom. The first-order valence-corrected chi connectivity index (χ1v) is 5.22. The smallest absolute Gasteiger partial charge is 0.330 e. The number of ether oxygens (including phenoxy) is 1. The van der Waals surface area contributed by atoms with Crippen LogP contribution in [0.4, 0.5) is 0 Å². The van der Waals surface area contributed by atoms with E-state index in [1.807, 2.05) is 6.92 Å². The summed E-state index contributed by atoms with van der Waals surface area (Å²) >= 11 is 0. The van der Waals surface area contributed by atoms with E-state index in [0.717, 1.165) is 6.42 Å². The van der Waals surface area contributed by atoms with Crippen molar-refractivity contribution in [1.29, 1.82) is 0 Å². The van der Waals surface area contributed by atoms with Gasteiger partial charge in [-0.25, -0.2) is 4.79 Å². The number of hydrogen-bond acceptors (Lipinski definition) is 4. The van der Waals surface area contributed by atoms with Crippen LogP contribution in [0.5, 0.6) is 0 Å². The van der Waals surface area contributed by atoms with Crippen LogP contribution in [0.3, 0.4) is 0 Å². The van der Waals surface area contributed by atoms with Crippen molar-refractivity contribution in [2.75, 3.05) is 6.61 Å². The topological polar surface area (TPSA) is 95.3 Å². The molecular weight excluding hydrogens is 210 g/mol. The summed E-state index contributed by atoms with van der Waals surface area (Å²) in [6.45, 7) is 3.89. The van der Waals surface area contributed by atoms with Crippen molar-refractivity contribution >= 4 is 5.97 Å². The molecule has 1 N–H and O–H groups in total. The first-order valence-electron chi connectivity index (χ1n) is 5.22. The molecule has 0 aromatic heterocycles. The molecule has 90 valence electrons. The Morgan fingerprint density at radius 2 is 2.31 bits per heavy atom. The average molecular weight is 227 g/mol. The highest BCUT2D eigenvalue weighted by molar-refractivity contribution is 5.82. The quantitative estimate of drug-likeness (QED) is 0.237. The van der Waals surface area contributed by atoms with Crippen LogP contribution in [0.2, 0.25) is 0 Å². The van der Waals surface area contributed by atoms with Gasteiger partial charge in [-0.3, -0.25) is 0 Å². The van der Waals surface area contributed by atoms with Crippen molar-refractivity contribution in [3.8, 4) is 0 Å². The van der Waals surface area contributed by atoms with Gasteiger partial charge in [-0.2, -0.15) is 0 Å². The van der Waals surface area contributed by atoms with Gasteiger partial charge in [0, 0.05) is 11.0 Å². The summed E-state index contributed by atoms with van der Waals surface area (Å²) in [4.78, 5) is 13.6. The Morgan fingerprint density at radius 3 is 2.81 bits per heavy atom. The van der Waals surface area contributed by atoms with Gasteiger partial charge in [0.25, 0.3) is 0 Å². The molecule has 0 amide bonds. The lowest BCUT2D eigenvalue weighted by Crippen LogP contribution is -2.21. The lowest BCUT2D eigenvalue weighted by Gasteiger charge is -2.13. The molecule has 0 saturated heterocycles. The predicted octanol–water partition coefficient (Wildman–Crippen LogP) is 1.95. The molecule has 0 fully saturated rings. The third-order valence-electron chi connectivity index (χ3n) is 1.88. The van der Waals surface area contributed by atoms with Gasteiger partial charge in [-0.1, -0.05) is 24.5 Å².